The molecule has 0 aliphatic heterocycles. The first-order valence-electron chi connectivity index (χ1n) is 7.02. The van der Waals surface area contributed by atoms with E-state index in [0.29, 0.717) is 28.1 Å². The molecule has 0 aliphatic rings. The zero-order chi connectivity index (χ0) is 14.1. The second-order valence-electron chi connectivity index (χ2n) is 4.77. The number of ether oxygens (including phenoxy) is 1. The van der Waals surface area contributed by atoms with Gasteiger partial charge in [-0.2, -0.15) is 0 Å². The highest BCUT2D eigenvalue weighted by Crippen LogP contribution is 2.32. The van der Waals surface area contributed by atoms with E-state index in [0.717, 1.165) is 6.42 Å². The van der Waals surface area contributed by atoms with E-state index in [2.05, 4.69) is 6.92 Å². The molecule has 1 aromatic rings. The van der Waals surface area contributed by atoms with Crippen LogP contribution in [-0.4, -0.2) is 6.61 Å². The van der Waals surface area contributed by atoms with Crippen molar-refractivity contribution in [2.24, 2.45) is 0 Å². The van der Waals surface area contributed by atoms with Crippen LogP contribution in [0.15, 0.2) is 12.1 Å². The van der Waals surface area contributed by atoms with Crippen molar-refractivity contribution in [3.63, 3.8) is 0 Å². The van der Waals surface area contributed by atoms with Gasteiger partial charge < -0.3 is 10.5 Å². The summed E-state index contributed by atoms with van der Waals surface area (Å²) >= 11 is 11.8. The van der Waals surface area contributed by atoms with Gasteiger partial charge in [0.1, 0.15) is 5.75 Å². The van der Waals surface area contributed by atoms with Crippen LogP contribution in [0.4, 0.5) is 5.69 Å². The minimum absolute atomic E-state index is 0.461. The lowest BCUT2D eigenvalue weighted by atomic mass is 10.1. The highest BCUT2D eigenvalue weighted by Gasteiger charge is 2.05. The third-order valence-corrected chi connectivity index (χ3v) is 3.78. The van der Waals surface area contributed by atoms with Crippen LogP contribution < -0.4 is 10.5 Å². The average molecular weight is 304 g/mol. The van der Waals surface area contributed by atoms with Crippen LogP contribution in [-0.2, 0) is 0 Å². The summed E-state index contributed by atoms with van der Waals surface area (Å²) in [6.07, 6.45) is 8.83. The molecule has 0 aromatic heterocycles. The molecule has 0 saturated carbocycles. The second kappa shape index (κ2) is 9.33. The number of hydrogen-bond donors (Lipinski definition) is 1. The first kappa shape index (κ1) is 16.5. The molecule has 0 aliphatic carbocycles. The number of hydrogen-bond acceptors (Lipinski definition) is 2. The Labute approximate surface area is 126 Å². The minimum Gasteiger partial charge on any atom is -0.491 e. The SMILES string of the molecule is CCCCCCCCCOc1cc(Cl)c(Cl)cc1N. The van der Waals surface area contributed by atoms with Gasteiger partial charge in [0, 0.05) is 6.07 Å². The molecule has 0 spiro atoms. The van der Waals surface area contributed by atoms with Crippen molar-refractivity contribution in [3.05, 3.63) is 22.2 Å². The van der Waals surface area contributed by atoms with E-state index in [-0.39, 0.29) is 0 Å². The molecule has 0 heterocycles. The predicted molar refractivity (Wildman–Crippen MR) is 84.4 cm³/mol. The summed E-state index contributed by atoms with van der Waals surface area (Å²) in [7, 11) is 0. The lowest BCUT2D eigenvalue weighted by Crippen LogP contribution is -2.00. The normalized spacial score (nSPS) is 10.7. The lowest BCUT2D eigenvalue weighted by molar-refractivity contribution is 0.306. The van der Waals surface area contributed by atoms with E-state index in [1.807, 2.05) is 0 Å². The van der Waals surface area contributed by atoms with E-state index in [4.69, 9.17) is 33.7 Å². The van der Waals surface area contributed by atoms with Gasteiger partial charge in [-0.05, 0) is 12.5 Å². The molecule has 0 radical (unpaired) electrons. The van der Waals surface area contributed by atoms with Gasteiger partial charge in [-0.3, -0.25) is 0 Å². The molecule has 0 saturated heterocycles. The summed E-state index contributed by atoms with van der Waals surface area (Å²) < 4.78 is 5.63. The molecule has 2 N–H and O–H groups in total. The fraction of sp³-hybridized carbons (Fsp3) is 0.600. The molecular weight excluding hydrogens is 281 g/mol. The Kier molecular flexibility index (Phi) is 8.08. The summed E-state index contributed by atoms with van der Waals surface area (Å²) in [6.45, 7) is 2.91. The number of unbranched alkanes of at least 4 members (excludes halogenated alkanes) is 6. The van der Waals surface area contributed by atoms with Crippen molar-refractivity contribution in [3.8, 4) is 5.75 Å². The second-order valence-corrected chi connectivity index (χ2v) is 5.59. The van der Waals surface area contributed by atoms with Gasteiger partial charge in [0.05, 0.1) is 22.3 Å². The van der Waals surface area contributed by atoms with Crippen LogP contribution >= 0.6 is 23.2 Å². The third-order valence-electron chi connectivity index (χ3n) is 3.06. The Bertz CT molecular complexity index is 383. The quantitative estimate of drug-likeness (QED) is 0.469. The average Bonchev–Trinajstić information content (AvgIpc) is 2.38. The topological polar surface area (TPSA) is 35.2 Å². The smallest absolute Gasteiger partial charge is 0.143 e. The van der Waals surface area contributed by atoms with E-state index < -0.39 is 0 Å². The Hall–Kier alpha value is -0.600. The van der Waals surface area contributed by atoms with Crippen LogP contribution in [0.5, 0.6) is 5.75 Å². The van der Waals surface area contributed by atoms with Gasteiger partial charge in [-0.15, -0.1) is 0 Å². The summed E-state index contributed by atoms with van der Waals surface area (Å²) in [4.78, 5) is 0. The number of rotatable bonds is 9. The van der Waals surface area contributed by atoms with Crippen LogP contribution in [0.3, 0.4) is 0 Å². The molecule has 1 rings (SSSR count). The molecule has 0 bridgehead atoms. The van der Waals surface area contributed by atoms with Crippen molar-refractivity contribution in [2.75, 3.05) is 12.3 Å². The first-order chi connectivity index (χ1) is 9.15. The Balaban J connectivity index is 2.17. The van der Waals surface area contributed by atoms with Gasteiger partial charge in [0.15, 0.2) is 0 Å². The fourth-order valence-electron chi connectivity index (χ4n) is 1.91. The van der Waals surface area contributed by atoms with Gasteiger partial charge in [0.25, 0.3) is 0 Å². The zero-order valence-electron chi connectivity index (χ0n) is 11.6. The Morgan fingerprint density at radius 3 is 2.21 bits per heavy atom. The van der Waals surface area contributed by atoms with Crippen LogP contribution in [0.25, 0.3) is 0 Å². The van der Waals surface area contributed by atoms with E-state index in [1.165, 1.54) is 38.5 Å². The molecule has 4 heteroatoms. The maximum absolute atomic E-state index is 5.93. The number of nitrogen functional groups attached to an aromatic ring is 1. The summed E-state index contributed by atoms with van der Waals surface area (Å²) in [6, 6.07) is 3.31. The molecule has 1 aromatic carbocycles. The van der Waals surface area contributed by atoms with Crippen molar-refractivity contribution in [1.29, 1.82) is 0 Å². The van der Waals surface area contributed by atoms with Crippen molar-refractivity contribution in [2.45, 2.75) is 51.9 Å². The predicted octanol–water partition coefficient (Wildman–Crippen LogP) is 5.71. The van der Waals surface area contributed by atoms with Gasteiger partial charge in [-0.25, -0.2) is 0 Å². The number of nitrogens with two attached hydrogens (primary N) is 1. The van der Waals surface area contributed by atoms with Crippen LogP contribution in [0.1, 0.15) is 51.9 Å². The van der Waals surface area contributed by atoms with Gasteiger partial charge >= 0.3 is 0 Å². The zero-order valence-corrected chi connectivity index (χ0v) is 13.1. The molecular formula is C15H23Cl2NO. The molecule has 2 nitrogen and oxygen atoms in total. The summed E-state index contributed by atoms with van der Waals surface area (Å²) in [5, 5.41) is 0.938. The van der Waals surface area contributed by atoms with Gasteiger partial charge in [0.2, 0.25) is 0 Å². The van der Waals surface area contributed by atoms with Gasteiger partial charge in [-0.1, -0.05) is 68.7 Å². The monoisotopic (exact) mass is 303 g/mol. The number of benzene rings is 1. The molecule has 0 unspecified atom stereocenters. The van der Waals surface area contributed by atoms with E-state index in [1.54, 1.807) is 12.1 Å². The van der Waals surface area contributed by atoms with Crippen LogP contribution in [0, 0.1) is 0 Å². The maximum atomic E-state index is 5.93. The summed E-state index contributed by atoms with van der Waals surface area (Å²) in [5.74, 6) is 0.625. The minimum atomic E-state index is 0.461. The molecule has 0 amide bonds. The molecule has 19 heavy (non-hydrogen) atoms. The van der Waals surface area contributed by atoms with E-state index >= 15 is 0 Å². The number of halogens is 2. The van der Waals surface area contributed by atoms with Crippen LogP contribution in [0.2, 0.25) is 10.0 Å². The third kappa shape index (κ3) is 6.40. The number of anilines is 1. The maximum Gasteiger partial charge on any atom is 0.143 e. The molecule has 0 atom stereocenters. The molecule has 108 valence electrons. The van der Waals surface area contributed by atoms with Crippen molar-refractivity contribution < 1.29 is 4.74 Å². The fourth-order valence-corrected chi connectivity index (χ4v) is 2.24. The summed E-state index contributed by atoms with van der Waals surface area (Å²) in [5.41, 5.74) is 6.36. The standard InChI is InChI=1S/C15H23Cl2NO/c1-2-3-4-5-6-7-8-9-19-15-11-13(17)12(16)10-14(15)18/h10-11H,2-9,18H2,1H3. The molecule has 0 fully saturated rings. The van der Waals surface area contributed by atoms with E-state index in [9.17, 15) is 0 Å². The Morgan fingerprint density at radius 1 is 0.947 bits per heavy atom. The Morgan fingerprint density at radius 2 is 1.53 bits per heavy atom. The lowest BCUT2D eigenvalue weighted by Gasteiger charge is -2.10. The highest BCUT2D eigenvalue weighted by atomic mass is 35.5. The van der Waals surface area contributed by atoms with Crippen molar-refractivity contribution in [1.82, 2.24) is 0 Å². The largest absolute Gasteiger partial charge is 0.491 e. The first-order valence-corrected chi connectivity index (χ1v) is 7.78. The van der Waals surface area contributed by atoms with Crippen molar-refractivity contribution >= 4 is 28.9 Å². The highest BCUT2D eigenvalue weighted by molar-refractivity contribution is 6.42.